The smallest absolute Gasteiger partial charge is 0.293 e. The van der Waals surface area contributed by atoms with E-state index in [4.69, 9.17) is 11.5 Å². The summed E-state index contributed by atoms with van der Waals surface area (Å²) in [6, 6.07) is 6.87. The number of aliphatic imine (C=N–C) groups is 1. The summed E-state index contributed by atoms with van der Waals surface area (Å²) >= 11 is 0. The van der Waals surface area contributed by atoms with E-state index in [2.05, 4.69) is 63.5 Å². The highest BCUT2D eigenvalue weighted by Gasteiger charge is 2.32. The Morgan fingerprint density at radius 3 is 1.09 bits per heavy atom. The van der Waals surface area contributed by atoms with Crippen LogP contribution in [0.1, 0.15) is 75.8 Å². The van der Waals surface area contributed by atoms with Crippen LogP contribution in [0, 0.1) is 0 Å². The summed E-state index contributed by atoms with van der Waals surface area (Å²) < 4.78 is 8.94. The number of nitrogens with two attached hydrogens (primary N) is 2. The molecule has 0 fully saturated rings. The topological polar surface area (TPSA) is 403 Å². The highest BCUT2D eigenvalue weighted by molar-refractivity contribution is 6.10. The molecule has 0 radical (unpaired) electrons. The van der Waals surface area contributed by atoms with Crippen molar-refractivity contribution in [2.24, 2.45) is 58.7 Å². The fraction of sp³-hybridized carbons (Fsp3) is 0.278. The van der Waals surface area contributed by atoms with E-state index >= 15 is 0 Å². The summed E-state index contributed by atoms with van der Waals surface area (Å²) in [5.41, 5.74) is 15.0. The molecule has 16 bridgehead atoms. The standard InChI is InChI=1S/C54H64N22O10/c1-69-19-29-11-35(69)47(79)57-17-27(55)9-43(77)65-41-25-75(7)45(67-41)53(85)64-34-16-40(74(6)24-34)52(84)62-32-14-38(72(4)22-32)50(82)60-30-12-36(70(2)20-30)48(80)58-18-28(56)10-44(78)66-42-26-76(8)46(68-42)54(86)63-33-15-39(73(5)23-33)51(83)61-31-13-37(49(81)59-29)71(3)21-31/h11-17,19-28,45-46,67-68H,9-10,18,55-56H2,1-8H3,(H,58,80)(H,59,81)(H,60,82)(H,61,83)(H,62,84)(H,63,86)(H,64,85)(H,65,77)(H,66,78)/t27-,28-,45?,46?/m1/s1. The number of fused-ring (bicyclic) bond motifs is 16. The van der Waals surface area contributed by atoms with E-state index in [1.54, 1.807) is 56.4 Å². The second kappa shape index (κ2) is 24.4. The van der Waals surface area contributed by atoms with Gasteiger partial charge in [0.15, 0.2) is 12.3 Å². The Morgan fingerprint density at radius 2 is 0.721 bits per heavy atom. The van der Waals surface area contributed by atoms with Crippen molar-refractivity contribution >= 4 is 99.4 Å². The van der Waals surface area contributed by atoms with Crippen LogP contribution in [-0.2, 0) is 61.5 Å². The number of nitrogens with one attached hydrogen (secondary N) is 11. The highest BCUT2D eigenvalue weighted by Crippen LogP contribution is 2.24. The number of amides is 10. The number of aromatic nitrogens is 6. The molecule has 32 nitrogen and oxygen atoms in total. The predicted molar refractivity (Wildman–Crippen MR) is 314 cm³/mol. The molecule has 6 aromatic heterocycles. The van der Waals surface area contributed by atoms with Gasteiger partial charge in [-0.05, 0) is 36.4 Å². The summed E-state index contributed by atoms with van der Waals surface area (Å²) in [5.74, 6) is -5.22. The van der Waals surface area contributed by atoms with Gasteiger partial charge in [-0.1, -0.05) is 0 Å². The van der Waals surface area contributed by atoms with Gasteiger partial charge in [0.25, 0.3) is 47.3 Å². The van der Waals surface area contributed by atoms with Crippen LogP contribution in [-0.4, -0.2) is 148 Å². The Hall–Kier alpha value is -11.2. The van der Waals surface area contributed by atoms with Crippen molar-refractivity contribution in [2.75, 3.05) is 52.5 Å². The molecule has 0 aliphatic carbocycles. The third kappa shape index (κ3) is 13.5. The summed E-state index contributed by atoms with van der Waals surface area (Å²) in [4.78, 5) is 141. The molecule has 4 atom stereocenters. The zero-order valence-electron chi connectivity index (χ0n) is 47.9. The van der Waals surface area contributed by atoms with E-state index in [-0.39, 0.29) is 99.3 Å². The molecule has 0 aromatic carbocycles. The molecule has 3 aliphatic rings. The van der Waals surface area contributed by atoms with Crippen LogP contribution in [0.15, 0.2) is 103 Å². The fourth-order valence-corrected chi connectivity index (χ4v) is 9.63. The average molecular weight is 1180 g/mol. The zero-order valence-corrected chi connectivity index (χ0v) is 47.9. The van der Waals surface area contributed by atoms with Crippen LogP contribution in [0.25, 0.3) is 0 Å². The zero-order chi connectivity index (χ0) is 62.0. The van der Waals surface area contributed by atoms with Crippen molar-refractivity contribution in [3.05, 3.63) is 132 Å². The van der Waals surface area contributed by atoms with E-state index in [0.717, 1.165) is 6.21 Å². The van der Waals surface area contributed by atoms with Crippen LogP contribution < -0.4 is 70.0 Å². The molecule has 0 saturated heterocycles. The highest BCUT2D eigenvalue weighted by atomic mass is 16.2. The molecule has 2 unspecified atom stereocenters. The van der Waals surface area contributed by atoms with E-state index in [0.29, 0.717) is 0 Å². The van der Waals surface area contributed by atoms with Gasteiger partial charge in [-0.15, -0.1) is 0 Å². The maximum absolute atomic E-state index is 13.5. The lowest BCUT2D eigenvalue weighted by Gasteiger charge is -2.20. The fourth-order valence-electron chi connectivity index (χ4n) is 9.63. The van der Waals surface area contributed by atoms with Crippen LogP contribution in [0.2, 0.25) is 0 Å². The third-order valence-electron chi connectivity index (χ3n) is 13.9. The minimum absolute atomic E-state index is 0.0856. The molecule has 0 spiro atoms. The number of carbonyl (C=O) groups is 10. The second-order valence-electron chi connectivity index (χ2n) is 20.9. The first kappa shape index (κ1) is 59.5. The van der Waals surface area contributed by atoms with Crippen LogP contribution in [0.4, 0.5) is 34.1 Å². The largest absolute Gasteiger partial charge is 0.350 e. The van der Waals surface area contributed by atoms with Crippen molar-refractivity contribution in [2.45, 2.75) is 37.3 Å². The molecule has 6 aromatic rings. The maximum Gasteiger partial charge on any atom is 0.293 e. The van der Waals surface area contributed by atoms with Crippen molar-refractivity contribution < 1.29 is 47.9 Å². The van der Waals surface area contributed by atoms with Gasteiger partial charge in [0.2, 0.25) is 11.8 Å². The van der Waals surface area contributed by atoms with Crippen LogP contribution >= 0.6 is 0 Å². The molecule has 15 N–H and O–H groups in total. The number of hydrogen-bond acceptors (Lipinski definition) is 16. The second-order valence-corrected chi connectivity index (χ2v) is 20.9. The van der Waals surface area contributed by atoms with Gasteiger partial charge in [-0.25, -0.2) is 4.99 Å². The van der Waals surface area contributed by atoms with E-state index in [1.165, 1.54) is 123 Å². The molecule has 3 aliphatic heterocycles. The number of likely N-dealkylation sites (N-methyl/N-ethyl adjacent to an activating group) is 2. The molecule has 9 heterocycles. The molecule has 32 heteroatoms. The summed E-state index contributed by atoms with van der Waals surface area (Å²) in [7, 11) is 12.8. The predicted octanol–water partition coefficient (Wildman–Crippen LogP) is -0.754. The first-order valence-electron chi connectivity index (χ1n) is 26.5. The SMILES string of the molecule is CN1C=C2NC(=O)C[C@@H](N)CNC(=O)c3cc(cn3C)NC(=O)c3cc(cn3C)NC(=O)c3cc(cn3C)NC(=O)C3NC(=CN3C)NC(=O)C[C@@H](N)C=NC(=O)c3cc(cn3C)NC(=O)c3cc(cn3C)NC(=O)c3cc(cn3C)NC(=O)C1N2. The Morgan fingerprint density at radius 1 is 0.407 bits per heavy atom. The number of nitrogens with zero attached hydrogens (tertiary/aromatic N) is 9. The molecule has 9 rings (SSSR count). The number of carbonyl (C=O) groups excluding carboxylic acids is 10. The minimum atomic E-state index is -1.01. The van der Waals surface area contributed by atoms with Crippen molar-refractivity contribution in [3.63, 3.8) is 0 Å². The van der Waals surface area contributed by atoms with E-state index in [9.17, 15) is 47.9 Å². The van der Waals surface area contributed by atoms with Gasteiger partial charge in [0.05, 0.1) is 34.1 Å². The van der Waals surface area contributed by atoms with Gasteiger partial charge < -0.3 is 107 Å². The molecule has 0 saturated carbocycles. The number of rotatable bonds is 0. The Balaban J connectivity index is 0.872. The first-order chi connectivity index (χ1) is 40.7. The number of aryl methyl sites for hydroxylation is 6. The summed E-state index contributed by atoms with van der Waals surface area (Å²) in [5, 5.41) is 30.5. The monoisotopic (exact) mass is 1180 g/mol. The Bertz CT molecular complexity index is 3860. The van der Waals surface area contributed by atoms with Gasteiger partial charge >= 0.3 is 0 Å². The molecule has 86 heavy (non-hydrogen) atoms. The van der Waals surface area contributed by atoms with Gasteiger partial charge in [0.1, 0.15) is 45.8 Å². The third-order valence-corrected chi connectivity index (χ3v) is 13.9. The van der Waals surface area contributed by atoms with Gasteiger partial charge in [-0.3, -0.25) is 47.9 Å². The molecular formula is C54H64N22O10. The van der Waals surface area contributed by atoms with Gasteiger partial charge in [0, 0.05) is 144 Å². The number of anilines is 6. The van der Waals surface area contributed by atoms with Crippen LogP contribution in [0.5, 0.6) is 0 Å². The molecule has 450 valence electrons. The first-order valence-corrected chi connectivity index (χ1v) is 26.5. The van der Waals surface area contributed by atoms with Crippen molar-refractivity contribution in [1.29, 1.82) is 0 Å². The average Bonchev–Trinajstić information content (AvgIpc) is 2.88. The molecule has 10 amide bonds. The van der Waals surface area contributed by atoms with Crippen molar-refractivity contribution in [1.82, 2.24) is 63.8 Å². The lowest BCUT2D eigenvalue weighted by atomic mass is 10.2. The summed E-state index contributed by atoms with van der Waals surface area (Å²) in [6.45, 7) is -0.0999. The summed E-state index contributed by atoms with van der Waals surface area (Å²) in [6.07, 6.45) is 10.8. The lowest BCUT2D eigenvalue weighted by molar-refractivity contribution is -0.122. The van der Waals surface area contributed by atoms with E-state index < -0.39 is 83.5 Å². The minimum Gasteiger partial charge on any atom is -0.350 e. The van der Waals surface area contributed by atoms with Crippen molar-refractivity contribution in [3.8, 4) is 0 Å². The normalized spacial score (nSPS) is 20.0. The quantitative estimate of drug-likeness (QED) is 0.0890. The Kier molecular flexibility index (Phi) is 16.8. The Labute approximate surface area is 490 Å². The number of hydrogen-bond donors (Lipinski definition) is 13. The lowest BCUT2D eigenvalue weighted by Crippen LogP contribution is -2.46. The maximum atomic E-state index is 13.5. The van der Waals surface area contributed by atoms with E-state index in [1.807, 2.05) is 0 Å². The van der Waals surface area contributed by atoms with Crippen LogP contribution in [0.3, 0.4) is 0 Å². The van der Waals surface area contributed by atoms with Gasteiger partial charge in [-0.2, -0.15) is 0 Å². The molecular weight excluding hydrogens is 1120 g/mol.